The van der Waals surface area contributed by atoms with Gasteiger partial charge in [0.15, 0.2) is 0 Å². The molecule has 0 aliphatic rings. The van der Waals surface area contributed by atoms with Gasteiger partial charge in [0.25, 0.3) is 0 Å². The summed E-state index contributed by atoms with van der Waals surface area (Å²) in [5.41, 5.74) is 3.42. The normalized spacial score (nSPS) is 11.3. The minimum atomic E-state index is 0.406. The lowest BCUT2D eigenvalue weighted by Gasteiger charge is -2.12. The van der Waals surface area contributed by atoms with Crippen LogP contribution in [0.15, 0.2) is 12.4 Å². The molecule has 0 radical (unpaired) electrons. The highest BCUT2D eigenvalue weighted by Crippen LogP contribution is 2.17. The van der Waals surface area contributed by atoms with E-state index in [0.29, 0.717) is 6.04 Å². The number of rotatable bonds is 5. The van der Waals surface area contributed by atoms with Crippen LogP contribution in [0.25, 0.3) is 0 Å². The van der Waals surface area contributed by atoms with Crippen molar-refractivity contribution in [1.82, 2.24) is 19.3 Å². The molecule has 0 aromatic carbocycles. The van der Waals surface area contributed by atoms with Crippen LogP contribution in [0.1, 0.15) is 43.8 Å². The minimum absolute atomic E-state index is 0.406. The quantitative estimate of drug-likeness (QED) is 0.900. The molecule has 0 aliphatic carbocycles. The lowest BCUT2D eigenvalue weighted by Crippen LogP contribution is -2.09. The number of hydrogen-bond acceptors (Lipinski definition) is 3. The van der Waals surface area contributed by atoms with Crippen LogP contribution in [-0.4, -0.2) is 19.3 Å². The fourth-order valence-electron chi connectivity index (χ4n) is 2.24. The van der Waals surface area contributed by atoms with Crippen molar-refractivity contribution < 1.29 is 0 Å². The van der Waals surface area contributed by atoms with Gasteiger partial charge in [0.05, 0.1) is 11.4 Å². The summed E-state index contributed by atoms with van der Waals surface area (Å²) in [6.07, 6.45) is 5.10. The molecule has 104 valence electrons. The molecule has 0 atom stereocenters. The minimum Gasteiger partial charge on any atom is -0.351 e. The van der Waals surface area contributed by atoms with E-state index in [-0.39, 0.29) is 0 Å². The SMILES string of the molecule is CCc1nn(C)cc1CNc1nc(C)cn1C(C)C. The van der Waals surface area contributed by atoms with Gasteiger partial charge in [-0.2, -0.15) is 5.10 Å². The summed E-state index contributed by atoms with van der Waals surface area (Å²) in [6, 6.07) is 0.406. The monoisotopic (exact) mass is 261 g/mol. The van der Waals surface area contributed by atoms with E-state index in [1.165, 1.54) is 5.56 Å². The van der Waals surface area contributed by atoms with Gasteiger partial charge in [0.1, 0.15) is 0 Å². The molecule has 0 amide bonds. The second-order valence-electron chi connectivity index (χ2n) is 5.19. The zero-order valence-corrected chi connectivity index (χ0v) is 12.4. The molecular weight excluding hydrogens is 238 g/mol. The number of hydrogen-bond donors (Lipinski definition) is 1. The molecule has 2 heterocycles. The number of imidazole rings is 1. The molecule has 0 spiro atoms. The Morgan fingerprint density at radius 3 is 2.68 bits per heavy atom. The summed E-state index contributed by atoms with van der Waals surface area (Å²) in [4.78, 5) is 4.53. The molecule has 2 aromatic rings. The maximum absolute atomic E-state index is 4.53. The Bertz CT molecular complexity index is 550. The van der Waals surface area contributed by atoms with Crippen LogP contribution in [0, 0.1) is 6.92 Å². The van der Waals surface area contributed by atoms with Crippen LogP contribution >= 0.6 is 0 Å². The Balaban J connectivity index is 2.14. The standard InChI is InChI=1S/C14H23N5/c1-6-13-12(9-18(5)17-13)7-15-14-16-11(4)8-19(14)10(2)3/h8-10H,6-7H2,1-5H3,(H,15,16). The molecule has 0 saturated heterocycles. The van der Waals surface area contributed by atoms with Gasteiger partial charge in [0, 0.05) is 37.6 Å². The van der Waals surface area contributed by atoms with Crippen LogP contribution in [0.2, 0.25) is 0 Å². The molecule has 1 N–H and O–H groups in total. The lowest BCUT2D eigenvalue weighted by atomic mass is 10.2. The number of anilines is 1. The van der Waals surface area contributed by atoms with Gasteiger partial charge < -0.3 is 9.88 Å². The maximum Gasteiger partial charge on any atom is 0.203 e. The summed E-state index contributed by atoms with van der Waals surface area (Å²) in [7, 11) is 1.96. The first kappa shape index (κ1) is 13.6. The highest BCUT2D eigenvalue weighted by Gasteiger charge is 2.10. The second-order valence-corrected chi connectivity index (χ2v) is 5.19. The van der Waals surface area contributed by atoms with E-state index in [9.17, 15) is 0 Å². The van der Waals surface area contributed by atoms with Crippen molar-refractivity contribution in [2.24, 2.45) is 7.05 Å². The van der Waals surface area contributed by atoms with Crippen molar-refractivity contribution in [2.45, 2.75) is 46.7 Å². The lowest BCUT2D eigenvalue weighted by molar-refractivity contribution is 0.604. The summed E-state index contributed by atoms with van der Waals surface area (Å²) in [6.45, 7) is 9.23. The van der Waals surface area contributed by atoms with Crippen molar-refractivity contribution in [3.63, 3.8) is 0 Å². The third-order valence-corrected chi connectivity index (χ3v) is 3.17. The second kappa shape index (κ2) is 5.47. The molecule has 19 heavy (non-hydrogen) atoms. The van der Waals surface area contributed by atoms with Crippen LogP contribution in [0.3, 0.4) is 0 Å². The average molecular weight is 261 g/mol. The predicted molar refractivity (Wildman–Crippen MR) is 77.3 cm³/mol. The van der Waals surface area contributed by atoms with Crippen LogP contribution in [0.4, 0.5) is 5.95 Å². The summed E-state index contributed by atoms with van der Waals surface area (Å²) < 4.78 is 4.04. The topological polar surface area (TPSA) is 47.7 Å². The van der Waals surface area contributed by atoms with Gasteiger partial charge in [0.2, 0.25) is 5.95 Å². The first-order valence-corrected chi connectivity index (χ1v) is 6.82. The van der Waals surface area contributed by atoms with Crippen LogP contribution in [0.5, 0.6) is 0 Å². The largest absolute Gasteiger partial charge is 0.351 e. The fraction of sp³-hybridized carbons (Fsp3) is 0.571. The summed E-state index contributed by atoms with van der Waals surface area (Å²) in [5, 5.41) is 7.87. The molecule has 0 bridgehead atoms. The van der Waals surface area contributed by atoms with Gasteiger partial charge in [-0.1, -0.05) is 6.92 Å². The van der Waals surface area contributed by atoms with Crippen molar-refractivity contribution in [3.8, 4) is 0 Å². The molecule has 0 fully saturated rings. The number of nitrogens with zero attached hydrogens (tertiary/aromatic N) is 4. The molecule has 2 rings (SSSR count). The molecule has 0 aliphatic heterocycles. The summed E-state index contributed by atoms with van der Waals surface area (Å²) in [5.74, 6) is 0.929. The van der Waals surface area contributed by atoms with Gasteiger partial charge >= 0.3 is 0 Å². The third-order valence-electron chi connectivity index (χ3n) is 3.17. The first-order chi connectivity index (χ1) is 9.01. The van der Waals surface area contributed by atoms with Crippen molar-refractivity contribution in [1.29, 1.82) is 0 Å². The smallest absolute Gasteiger partial charge is 0.203 e. The number of aromatic nitrogens is 4. The molecule has 0 saturated carbocycles. The van der Waals surface area contributed by atoms with E-state index >= 15 is 0 Å². The molecule has 5 nitrogen and oxygen atoms in total. The number of aryl methyl sites for hydroxylation is 3. The molecule has 5 heteroatoms. The Morgan fingerprint density at radius 1 is 1.32 bits per heavy atom. The fourth-order valence-corrected chi connectivity index (χ4v) is 2.24. The molecule has 2 aromatic heterocycles. The van der Waals surface area contributed by atoms with Crippen LogP contribution < -0.4 is 5.32 Å². The first-order valence-electron chi connectivity index (χ1n) is 6.82. The van der Waals surface area contributed by atoms with Crippen molar-refractivity contribution in [2.75, 3.05) is 5.32 Å². The molecule has 0 unspecified atom stereocenters. The van der Waals surface area contributed by atoms with E-state index in [0.717, 1.165) is 30.3 Å². The Hall–Kier alpha value is -1.78. The van der Waals surface area contributed by atoms with Crippen LogP contribution in [-0.2, 0) is 20.0 Å². The highest BCUT2D eigenvalue weighted by atomic mass is 15.3. The van der Waals surface area contributed by atoms with Crippen molar-refractivity contribution in [3.05, 3.63) is 29.3 Å². The zero-order chi connectivity index (χ0) is 14.0. The predicted octanol–water partition coefficient (Wildman–Crippen LogP) is 2.68. The Labute approximate surface area is 114 Å². The molecular formula is C14H23N5. The third kappa shape index (κ3) is 2.97. The van der Waals surface area contributed by atoms with E-state index in [2.05, 4.69) is 53.1 Å². The summed E-state index contributed by atoms with van der Waals surface area (Å²) >= 11 is 0. The Kier molecular flexibility index (Phi) is 3.93. The highest BCUT2D eigenvalue weighted by molar-refractivity contribution is 5.32. The number of nitrogens with one attached hydrogen (secondary N) is 1. The van der Waals surface area contributed by atoms with Gasteiger partial charge in [-0.05, 0) is 27.2 Å². The van der Waals surface area contributed by atoms with E-state index < -0.39 is 0 Å². The average Bonchev–Trinajstić information content (AvgIpc) is 2.89. The van der Waals surface area contributed by atoms with E-state index in [1.807, 2.05) is 18.7 Å². The van der Waals surface area contributed by atoms with E-state index in [1.54, 1.807) is 0 Å². The Morgan fingerprint density at radius 2 is 2.05 bits per heavy atom. The van der Waals surface area contributed by atoms with E-state index in [4.69, 9.17) is 0 Å². The van der Waals surface area contributed by atoms with Gasteiger partial charge in [-0.15, -0.1) is 0 Å². The van der Waals surface area contributed by atoms with Gasteiger partial charge in [-0.3, -0.25) is 4.68 Å². The zero-order valence-electron chi connectivity index (χ0n) is 12.4. The van der Waals surface area contributed by atoms with Crippen molar-refractivity contribution >= 4 is 5.95 Å². The van der Waals surface area contributed by atoms with Gasteiger partial charge in [-0.25, -0.2) is 4.98 Å². The maximum atomic E-state index is 4.53.